The molecule has 0 N–H and O–H groups in total. The zero-order valence-corrected chi connectivity index (χ0v) is 8.79. The van der Waals surface area contributed by atoms with E-state index in [9.17, 15) is 4.79 Å². The number of esters is 1. The first-order valence-electron chi connectivity index (χ1n) is 5.64. The molecule has 0 aromatic heterocycles. The van der Waals surface area contributed by atoms with Gasteiger partial charge in [0.1, 0.15) is 0 Å². The van der Waals surface area contributed by atoms with Gasteiger partial charge >= 0.3 is 5.97 Å². The van der Waals surface area contributed by atoms with Gasteiger partial charge in [-0.2, -0.15) is 0 Å². The van der Waals surface area contributed by atoms with E-state index in [0.717, 1.165) is 12.3 Å². The van der Waals surface area contributed by atoms with Gasteiger partial charge in [-0.05, 0) is 44.4 Å². The molecule has 0 amide bonds. The normalized spacial score (nSPS) is 29.1. The van der Waals surface area contributed by atoms with Crippen molar-refractivity contribution in [2.45, 2.75) is 39.0 Å². The third-order valence-corrected chi connectivity index (χ3v) is 3.40. The highest BCUT2D eigenvalue weighted by Gasteiger charge is 2.32. The summed E-state index contributed by atoms with van der Waals surface area (Å²) >= 11 is 0. The predicted molar refractivity (Wildman–Crippen MR) is 54.8 cm³/mol. The maximum atomic E-state index is 11.2. The molecule has 2 atom stereocenters. The topological polar surface area (TPSA) is 26.3 Å². The summed E-state index contributed by atoms with van der Waals surface area (Å²) in [5.41, 5.74) is 1.63. The lowest BCUT2D eigenvalue weighted by atomic mass is 9.89. The number of carbonyl (C=O) groups is 1. The van der Waals surface area contributed by atoms with Crippen molar-refractivity contribution in [3.8, 4) is 0 Å². The minimum absolute atomic E-state index is 0.0336. The quantitative estimate of drug-likeness (QED) is 0.508. The molecule has 2 unspecified atom stereocenters. The molecule has 0 spiro atoms. The van der Waals surface area contributed by atoms with Crippen molar-refractivity contribution in [1.29, 1.82) is 0 Å². The van der Waals surface area contributed by atoms with E-state index in [1.54, 1.807) is 5.57 Å². The van der Waals surface area contributed by atoms with Crippen molar-refractivity contribution in [1.82, 2.24) is 0 Å². The summed E-state index contributed by atoms with van der Waals surface area (Å²) < 4.78 is 4.92. The van der Waals surface area contributed by atoms with Crippen LogP contribution in [0.4, 0.5) is 0 Å². The summed E-state index contributed by atoms with van der Waals surface area (Å²) in [7, 11) is 0. The Labute approximate surface area is 85.3 Å². The van der Waals surface area contributed by atoms with Crippen molar-refractivity contribution >= 4 is 5.97 Å². The highest BCUT2D eigenvalue weighted by Crippen LogP contribution is 2.45. The average molecular weight is 194 g/mol. The molecular weight excluding hydrogens is 176 g/mol. The molecule has 1 saturated carbocycles. The maximum absolute atomic E-state index is 11.2. The zero-order valence-electron chi connectivity index (χ0n) is 8.79. The Kier molecular flexibility index (Phi) is 2.90. The van der Waals surface area contributed by atoms with Crippen LogP contribution in [0.25, 0.3) is 0 Å². The van der Waals surface area contributed by atoms with Crippen molar-refractivity contribution in [3.05, 3.63) is 11.6 Å². The van der Waals surface area contributed by atoms with Crippen LogP contribution in [-0.2, 0) is 9.53 Å². The summed E-state index contributed by atoms with van der Waals surface area (Å²) in [5, 5.41) is 0. The summed E-state index contributed by atoms with van der Waals surface area (Å²) in [5.74, 6) is 1.48. The van der Waals surface area contributed by atoms with Gasteiger partial charge in [-0.25, -0.2) is 0 Å². The fraction of sp³-hybridized carbons (Fsp3) is 0.750. The molecule has 2 rings (SSSR count). The number of carbonyl (C=O) groups excluding carboxylic acids is 1. The molecule has 2 heteroatoms. The van der Waals surface area contributed by atoms with Gasteiger partial charge in [0.15, 0.2) is 0 Å². The number of fused-ring (bicyclic) bond motifs is 2. The Morgan fingerprint density at radius 2 is 2.50 bits per heavy atom. The van der Waals surface area contributed by atoms with Crippen molar-refractivity contribution in [2.75, 3.05) is 6.61 Å². The second-order valence-electron chi connectivity index (χ2n) is 4.34. The van der Waals surface area contributed by atoms with E-state index in [4.69, 9.17) is 4.74 Å². The number of rotatable bonds is 4. The number of allylic oxidation sites excluding steroid dienone is 2. The maximum Gasteiger partial charge on any atom is 0.305 e. The fourth-order valence-electron chi connectivity index (χ4n) is 2.70. The summed E-state index contributed by atoms with van der Waals surface area (Å²) in [6.45, 7) is 2.37. The second-order valence-corrected chi connectivity index (χ2v) is 4.34. The summed E-state index contributed by atoms with van der Waals surface area (Å²) in [6, 6.07) is 0. The van der Waals surface area contributed by atoms with Gasteiger partial charge in [-0.15, -0.1) is 0 Å². The molecule has 2 aliphatic rings. The molecule has 0 saturated heterocycles. The van der Waals surface area contributed by atoms with Crippen molar-refractivity contribution < 1.29 is 9.53 Å². The third-order valence-electron chi connectivity index (χ3n) is 3.40. The zero-order chi connectivity index (χ0) is 9.97. The summed E-state index contributed by atoms with van der Waals surface area (Å²) in [6.07, 6.45) is 7.94. The van der Waals surface area contributed by atoms with E-state index in [1.807, 2.05) is 6.92 Å². The molecule has 0 heterocycles. The highest BCUT2D eigenvalue weighted by molar-refractivity contribution is 5.69. The second kappa shape index (κ2) is 4.16. The number of hydrogen-bond donors (Lipinski definition) is 0. The van der Waals surface area contributed by atoms with E-state index >= 15 is 0 Å². The molecule has 14 heavy (non-hydrogen) atoms. The van der Waals surface area contributed by atoms with Crippen LogP contribution in [0.2, 0.25) is 0 Å². The lowest BCUT2D eigenvalue weighted by Gasteiger charge is -2.17. The van der Waals surface area contributed by atoms with Crippen LogP contribution in [0, 0.1) is 11.8 Å². The Morgan fingerprint density at radius 1 is 1.64 bits per heavy atom. The molecule has 0 radical (unpaired) electrons. The van der Waals surface area contributed by atoms with Crippen LogP contribution in [0.15, 0.2) is 11.6 Å². The molecule has 78 valence electrons. The first kappa shape index (κ1) is 9.75. The first-order chi connectivity index (χ1) is 6.79. The van der Waals surface area contributed by atoms with E-state index in [2.05, 4.69) is 6.08 Å². The van der Waals surface area contributed by atoms with E-state index in [1.165, 1.54) is 19.3 Å². The lowest BCUT2D eigenvalue weighted by molar-refractivity contribution is -0.143. The van der Waals surface area contributed by atoms with Gasteiger partial charge < -0.3 is 4.74 Å². The van der Waals surface area contributed by atoms with Gasteiger partial charge in [-0.1, -0.05) is 11.6 Å². The Bertz CT molecular complexity index is 255. The highest BCUT2D eigenvalue weighted by atomic mass is 16.5. The average Bonchev–Trinajstić information content (AvgIpc) is 2.76. The molecule has 2 bridgehead atoms. The monoisotopic (exact) mass is 194 g/mol. The Hall–Kier alpha value is -0.790. The molecule has 0 aromatic carbocycles. The van der Waals surface area contributed by atoms with E-state index < -0.39 is 0 Å². The largest absolute Gasteiger partial charge is 0.466 e. The number of hydrogen-bond acceptors (Lipinski definition) is 2. The minimum atomic E-state index is -0.0336. The van der Waals surface area contributed by atoms with Crippen LogP contribution in [0.1, 0.15) is 39.0 Å². The van der Waals surface area contributed by atoms with Crippen molar-refractivity contribution in [2.24, 2.45) is 11.8 Å². The van der Waals surface area contributed by atoms with E-state index in [0.29, 0.717) is 18.9 Å². The first-order valence-corrected chi connectivity index (χ1v) is 5.64. The fourth-order valence-corrected chi connectivity index (χ4v) is 2.70. The van der Waals surface area contributed by atoms with Crippen molar-refractivity contribution in [3.63, 3.8) is 0 Å². The number of ether oxygens (including phenoxy) is 1. The van der Waals surface area contributed by atoms with Gasteiger partial charge in [0.2, 0.25) is 0 Å². The molecule has 2 aliphatic carbocycles. The van der Waals surface area contributed by atoms with Crippen LogP contribution >= 0.6 is 0 Å². The van der Waals surface area contributed by atoms with E-state index in [-0.39, 0.29) is 5.97 Å². The van der Waals surface area contributed by atoms with Gasteiger partial charge in [-0.3, -0.25) is 4.79 Å². The summed E-state index contributed by atoms with van der Waals surface area (Å²) in [4.78, 5) is 11.2. The SMILES string of the molecule is CCOC(=O)CCC1C=C2CCC1C2. The third kappa shape index (κ3) is 1.99. The van der Waals surface area contributed by atoms with Gasteiger partial charge in [0, 0.05) is 6.42 Å². The minimum Gasteiger partial charge on any atom is -0.466 e. The molecular formula is C12H18O2. The predicted octanol–water partition coefficient (Wildman–Crippen LogP) is 2.69. The molecule has 1 fully saturated rings. The molecule has 0 aliphatic heterocycles. The van der Waals surface area contributed by atoms with Gasteiger partial charge in [0.05, 0.1) is 6.61 Å². The Morgan fingerprint density at radius 3 is 3.07 bits per heavy atom. The smallest absolute Gasteiger partial charge is 0.305 e. The van der Waals surface area contributed by atoms with Crippen LogP contribution < -0.4 is 0 Å². The molecule has 0 aromatic rings. The standard InChI is InChI=1S/C12H18O2/c1-2-14-12(13)6-5-11-8-9-3-4-10(11)7-9/h8,10-11H,2-7H2,1H3. The van der Waals surface area contributed by atoms with Crippen LogP contribution in [-0.4, -0.2) is 12.6 Å². The van der Waals surface area contributed by atoms with Crippen LogP contribution in [0.3, 0.4) is 0 Å². The lowest BCUT2D eigenvalue weighted by Crippen LogP contribution is -2.11. The van der Waals surface area contributed by atoms with Gasteiger partial charge in [0.25, 0.3) is 0 Å². The Balaban J connectivity index is 1.74. The van der Waals surface area contributed by atoms with Crippen LogP contribution in [0.5, 0.6) is 0 Å². The molecule has 2 nitrogen and oxygen atoms in total.